The molecule has 0 radical (unpaired) electrons. The quantitative estimate of drug-likeness (QED) is 0.652. The summed E-state index contributed by atoms with van der Waals surface area (Å²) in [6.07, 6.45) is 1.27. The van der Waals surface area contributed by atoms with Gasteiger partial charge < -0.3 is 14.8 Å². The van der Waals surface area contributed by atoms with Crippen LogP contribution in [0.2, 0.25) is 5.02 Å². The first-order valence-electron chi connectivity index (χ1n) is 6.24. The molecule has 0 bridgehead atoms. The number of carbonyl (C=O) groups is 1. The minimum Gasteiger partial charge on any atom is -0.490 e. The van der Waals surface area contributed by atoms with Crippen LogP contribution in [0.5, 0.6) is 5.75 Å². The summed E-state index contributed by atoms with van der Waals surface area (Å²) >= 11 is 9.70. The van der Waals surface area contributed by atoms with E-state index in [4.69, 9.17) is 21.1 Å². The van der Waals surface area contributed by atoms with E-state index in [1.807, 2.05) is 0 Å². The third-order valence-electron chi connectivity index (χ3n) is 3.62. The average molecular weight is 359 g/mol. The number of nitrogens with one attached hydrogen (secondary N) is 1. The van der Waals surface area contributed by atoms with Crippen LogP contribution in [0, 0.1) is 0 Å². The van der Waals surface area contributed by atoms with Crippen molar-refractivity contribution in [1.82, 2.24) is 5.32 Å². The van der Waals surface area contributed by atoms with Crippen LogP contribution >= 0.6 is 27.5 Å². The molecule has 0 saturated carbocycles. The second-order valence-corrected chi connectivity index (χ2v) is 6.10. The fraction of sp³-hybridized carbons (Fsp3) is 0.357. The molecule has 1 aromatic rings. The van der Waals surface area contributed by atoms with E-state index < -0.39 is 5.54 Å². The highest BCUT2D eigenvalue weighted by atomic mass is 79.9. The Morgan fingerprint density at radius 3 is 3.00 bits per heavy atom. The van der Waals surface area contributed by atoms with Gasteiger partial charge in [-0.2, -0.15) is 0 Å². The number of morpholine rings is 1. The maximum Gasteiger partial charge on any atom is 0.187 e. The van der Waals surface area contributed by atoms with Gasteiger partial charge in [-0.3, -0.25) is 4.79 Å². The molecule has 106 valence electrons. The maximum atomic E-state index is 12.2. The molecular formula is C14H13BrClNO3. The van der Waals surface area contributed by atoms with Gasteiger partial charge in [-0.15, -0.1) is 0 Å². The number of hydrogen-bond donors (Lipinski definition) is 1. The Balaban J connectivity index is 2.25. The van der Waals surface area contributed by atoms with Gasteiger partial charge in [0.1, 0.15) is 17.9 Å². The van der Waals surface area contributed by atoms with Crippen molar-refractivity contribution < 1.29 is 14.3 Å². The van der Waals surface area contributed by atoms with Gasteiger partial charge in [0.2, 0.25) is 0 Å². The van der Waals surface area contributed by atoms with E-state index in [1.54, 1.807) is 6.07 Å². The number of rotatable bonds is 2. The Hall–Kier alpha value is -0.880. The fourth-order valence-corrected chi connectivity index (χ4v) is 3.69. The van der Waals surface area contributed by atoms with Crippen LogP contribution < -0.4 is 10.1 Å². The number of fused-ring (bicyclic) bond motifs is 2. The van der Waals surface area contributed by atoms with Crippen LogP contribution in [-0.4, -0.2) is 32.1 Å². The first kappa shape index (κ1) is 14.1. The first-order valence-corrected chi connectivity index (χ1v) is 7.41. The number of benzene rings is 1. The molecule has 1 spiro atoms. The van der Waals surface area contributed by atoms with Crippen molar-refractivity contribution in [3.05, 3.63) is 39.3 Å². The highest BCUT2D eigenvalue weighted by Crippen LogP contribution is 2.47. The maximum absolute atomic E-state index is 12.2. The van der Waals surface area contributed by atoms with Gasteiger partial charge in [0.15, 0.2) is 5.78 Å². The lowest BCUT2D eigenvalue weighted by Crippen LogP contribution is -2.53. The summed E-state index contributed by atoms with van der Waals surface area (Å²) in [5, 5.41) is 3.80. The molecule has 0 aliphatic carbocycles. The molecule has 1 fully saturated rings. The van der Waals surface area contributed by atoms with Gasteiger partial charge in [-0.05, 0) is 28.1 Å². The smallest absolute Gasteiger partial charge is 0.187 e. The van der Waals surface area contributed by atoms with Gasteiger partial charge in [0.25, 0.3) is 0 Å². The van der Waals surface area contributed by atoms with Crippen LogP contribution in [0.3, 0.4) is 0 Å². The molecular weight excluding hydrogens is 346 g/mol. The zero-order valence-corrected chi connectivity index (χ0v) is 13.0. The molecule has 1 aromatic carbocycles. The number of allylic oxidation sites excluding steroid dienone is 1. The van der Waals surface area contributed by atoms with E-state index in [0.717, 1.165) is 10.0 Å². The number of ether oxygens (including phenoxy) is 2. The van der Waals surface area contributed by atoms with Gasteiger partial charge in [-0.25, -0.2) is 0 Å². The molecule has 2 aliphatic rings. The largest absolute Gasteiger partial charge is 0.490 e. The van der Waals surface area contributed by atoms with E-state index in [-0.39, 0.29) is 5.78 Å². The van der Waals surface area contributed by atoms with Crippen LogP contribution in [0.15, 0.2) is 23.2 Å². The average Bonchev–Trinajstić information content (AvgIpc) is 2.79. The molecule has 20 heavy (non-hydrogen) atoms. The summed E-state index contributed by atoms with van der Waals surface area (Å²) in [5.74, 6) is 0.439. The standard InChI is InChI=1S/C14H13BrClNO3/c1-2-10(18)11-9(16)5-8(15)13-12(11)14(7-20-13)6-19-4-3-17-14/h2,5,17H,1,3-4,6-7H2. The minimum atomic E-state index is -0.519. The Kier molecular flexibility index (Phi) is 3.62. The van der Waals surface area contributed by atoms with Crippen molar-refractivity contribution in [2.24, 2.45) is 0 Å². The van der Waals surface area contributed by atoms with Crippen molar-refractivity contribution in [1.29, 1.82) is 0 Å². The first-order chi connectivity index (χ1) is 9.59. The third kappa shape index (κ3) is 2.00. The normalized spacial score (nSPS) is 24.3. The number of carbonyl (C=O) groups excluding carboxylic acids is 1. The highest BCUT2D eigenvalue weighted by molar-refractivity contribution is 9.10. The van der Waals surface area contributed by atoms with Crippen molar-refractivity contribution in [2.45, 2.75) is 5.54 Å². The van der Waals surface area contributed by atoms with E-state index in [2.05, 4.69) is 27.8 Å². The topological polar surface area (TPSA) is 47.6 Å². The summed E-state index contributed by atoms with van der Waals surface area (Å²) in [7, 11) is 0. The number of ketones is 1. The van der Waals surface area contributed by atoms with Crippen molar-refractivity contribution in [3.63, 3.8) is 0 Å². The molecule has 6 heteroatoms. The SMILES string of the molecule is C=CC(=O)c1c(Cl)cc(Br)c2c1C1(COCCN1)CO2. The minimum absolute atomic E-state index is 0.212. The Morgan fingerprint density at radius 2 is 2.35 bits per heavy atom. The predicted molar refractivity (Wildman–Crippen MR) is 79.7 cm³/mol. The molecule has 1 unspecified atom stereocenters. The molecule has 1 saturated heterocycles. The Morgan fingerprint density at radius 1 is 1.55 bits per heavy atom. The Bertz CT molecular complexity index is 597. The number of hydrogen-bond acceptors (Lipinski definition) is 4. The zero-order valence-electron chi connectivity index (χ0n) is 10.7. The number of halogens is 2. The second-order valence-electron chi connectivity index (χ2n) is 4.84. The van der Waals surface area contributed by atoms with Crippen LogP contribution in [-0.2, 0) is 10.3 Å². The zero-order chi connectivity index (χ0) is 14.3. The second kappa shape index (κ2) is 5.15. The molecule has 4 nitrogen and oxygen atoms in total. The molecule has 0 aromatic heterocycles. The Labute approximate surface area is 130 Å². The van der Waals surface area contributed by atoms with Crippen LogP contribution in [0.4, 0.5) is 0 Å². The lowest BCUT2D eigenvalue weighted by atomic mass is 9.86. The molecule has 0 amide bonds. The lowest BCUT2D eigenvalue weighted by molar-refractivity contribution is 0.0157. The van der Waals surface area contributed by atoms with Crippen molar-refractivity contribution >= 4 is 33.3 Å². The summed E-state index contributed by atoms with van der Waals surface area (Å²) in [6, 6.07) is 1.68. The van der Waals surface area contributed by atoms with E-state index in [9.17, 15) is 4.79 Å². The molecule has 3 rings (SSSR count). The lowest BCUT2D eigenvalue weighted by Gasteiger charge is -2.34. The van der Waals surface area contributed by atoms with Crippen LogP contribution in [0.25, 0.3) is 0 Å². The van der Waals surface area contributed by atoms with Crippen molar-refractivity contribution in [2.75, 3.05) is 26.4 Å². The van der Waals surface area contributed by atoms with E-state index >= 15 is 0 Å². The van der Waals surface area contributed by atoms with E-state index in [1.165, 1.54) is 6.08 Å². The van der Waals surface area contributed by atoms with Crippen molar-refractivity contribution in [3.8, 4) is 5.75 Å². The van der Waals surface area contributed by atoms with Gasteiger partial charge in [0, 0.05) is 17.7 Å². The fourth-order valence-electron chi connectivity index (χ4n) is 2.72. The van der Waals surface area contributed by atoms with Gasteiger partial charge in [-0.1, -0.05) is 18.2 Å². The summed E-state index contributed by atoms with van der Waals surface area (Å²) in [6.45, 7) is 5.76. The molecule has 1 N–H and O–H groups in total. The van der Waals surface area contributed by atoms with Crippen LogP contribution in [0.1, 0.15) is 15.9 Å². The predicted octanol–water partition coefficient (Wildman–Crippen LogP) is 2.68. The summed E-state index contributed by atoms with van der Waals surface area (Å²) in [4.78, 5) is 12.2. The van der Waals surface area contributed by atoms with Gasteiger partial charge in [0.05, 0.1) is 22.7 Å². The molecule has 2 heterocycles. The molecule has 1 atom stereocenters. The van der Waals surface area contributed by atoms with Gasteiger partial charge >= 0.3 is 0 Å². The monoisotopic (exact) mass is 357 g/mol. The molecule has 2 aliphatic heterocycles. The third-order valence-corrected chi connectivity index (χ3v) is 4.50. The summed E-state index contributed by atoms with van der Waals surface area (Å²) in [5.41, 5.74) is 0.687. The summed E-state index contributed by atoms with van der Waals surface area (Å²) < 4.78 is 12.1. The van der Waals surface area contributed by atoms with E-state index in [0.29, 0.717) is 42.7 Å². The highest BCUT2D eigenvalue weighted by Gasteiger charge is 2.46.